The SMILES string of the molecule is COC(C)CCC(=O)Nc1ccc(N)cc1. The fourth-order valence-electron chi connectivity index (χ4n) is 1.24. The normalized spacial score (nSPS) is 12.1. The quantitative estimate of drug-likeness (QED) is 0.749. The minimum atomic E-state index is -0.00586. The summed E-state index contributed by atoms with van der Waals surface area (Å²) in [5.74, 6) is -0.00586. The van der Waals surface area contributed by atoms with Crippen molar-refractivity contribution >= 4 is 17.3 Å². The van der Waals surface area contributed by atoms with Gasteiger partial charge in [0.15, 0.2) is 0 Å². The molecular formula is C12H18N2O2. The molecule has 4 nitrogen and oxygen atoms in total. The Kier molecular flexibility index (Phi) is 4.79. The number of ether oxygens (including phenoxy) is 1. The summed E-state index contributed by atoms with van der Waals surface area (Å²) in [6.45, 7) is 1.94. The fourth-order valence-corrected chi connectivity index (χ4v) is 1.24. The molecule has 0 saturated heterocycles. The molecule has 0 aliphatic rings. The number of hydrogen-bond acceptors (Lipinski definition) is 3. The molecule has 88 valence electrons. The second-order valence-electron chi connectivity index (χ2n) is 3.76. The predicted molar refractivity (Wildman–Crippen MR) is 65.2 cm³/mol. The smallest absolute Gasteiger partial charge is 0.224 e. The summed E-state index contributed by atoms with van der Waals surface area (Å²) >= 11 is 0. The number of benzene rings is 1. The summed E-state index contributed by atoms with van der Waals surface area (Å²) in [6.07, 6.45) is 1.29. The number of rotatable bonds is 5. The number of anilines is 2. The van der Waals surface area contributed by atoms with Crippen LogP contribution in [0.1, 0.15) is 19.8 Å². The van der Waals surface area contributed by atoms with Gasteiger partial charge in [-0.2, -0.15) is 0 Å². The van der Waals surface area contributed by atoms with Gasteiger partial charge in [0.1, 0.15) is 0 Å². The van der Waals surface area contributed by atoms with E-state index in [1.165, 1.54) is 0 Å². The van der Waals surface area contributed by atoms with Crippen molar-refractivity contribution in [3.8, 4) is 0 Å². The van der Waals surface area contributed by atoms with E-state index in [0.717, 1.165) is 12.1 Å². The van der Waals surface area contributed by atoms with Gasteiger partial charge in [0, 0.05) is 24.9 Å². The molecule has 0 aliphatic carbocycles. The summed E-state index contributed by atoms with van der Waals surface area (Å²) in [6, 6.07) is 7.08. The van der Waals surface area contributed by atoms with Crippen LogP contribution in [-0.4, -0.2) is 19.1 Å². The van der Waals surface area contributed by atoms with E-state index in [-0.39, 0.29) is 12.0 Å². The van der Waals surface area contributed by atoms with Crippen LogP contribution in [0.25, 0.3) is 0 Å². The molecule has 0 bridgehead atoms. The van der Waals surface area contributed by atoms with Gasteiger partial charge < -0.3 is 15.8 Å². The molecular weight excluding hydrogens is 204 g/mol. The van der Waals surface area contributed by atoms with Gasteiger partial charge in [-0.15, -0.1) is 0 Å². The summed E-state index contributed by atoms with van der Waals surface area (Å²) in [4.78, 5) is 11.5. The average molecular weight is 222 g/mol. The molecule has 1 amide bonds. The molecule has 0 aromatic heterocycles. The maximum Gasteiger partial charge on any atom is 0.224 e. The van der Waals surface area contributed by atoms with Crippen molar-refractivity contribution < 1.29 is 9.53 Å². The third kappa shape index (κ3) is 4.31. The fraction of sp³-hybridized carbons (Fsp3) is 0.417. The minimum Gasteiger partial charge on any atom is -0.399 e. The van der Waals surface area contributed by atoms with Crippen molar-refractivity contribution in [2.24, 2.45) is 0 Å². The zero-order valence-electron chi connectivity index (χ0n) is 9.69. The van der Waals surface area contributed by atoms with Crippen molar-refractivity contribution in [3.05, 3.63) is 24.3 Å². The third-order valence-electron chi connectivity index (χ3n) is 2.37. The molecule has 1 aromatic rings. The molecule has 16 heavy (non-hydrogen) atoms. The van der Waals surface area contributed by atoms with Crippen LogP contribution in [0, 0.1) is 0 Å². The Labute approximate surface area is 95.8 Å². The van der Waals surface area contributed by atoms with Crippen molar-refractivity contribution in [3.63, 3.8) is 0 Å². The van der Waals surface area contributed by atoms with Gasteiger partial charge in [-0.3, -0.25) is 4.79 Å². The Morgan fingerprint density at radius 1 is 1.44 bits per heavy atom. The Bertz CT molecular complexity index is 335. The van der Waals surface area contributed by atoms with E-state index in [9.17, 15) is 4.79 Å². The number of hydrogen-bond donors (Lipinski definition) is 2. The second kappa shape index (κ2) is 6.12. The number of amides is 1. The van der Waals surface area contributed by atoms with Crippen LogP contribution in [0.5, 0.6) is 0 Å². The Morgan fingerprint density at radius 2 is 2.06 bits per heavy atom. The predicted octanol–water partition coefficient (Wildman–Crippen LogP) is 2.02. The van der Waals surface area contributed by atoms with Crippen LogP contribution in [0.3, 0.4) is 0 Å². The van der Waals surface area contributed by atoms with Gasteiger partial charge in [-0.05, 0) is 37.6 Å². The maximum absolute atomic E-state index is 11.5. The third-order valence-corrected chi connectivity index (χ3v) is 2.37. The topological polar surface area (TPSA) is 64.3 Å². The summed E-state index contributed by atoms with van der Waals surface area (Å²) in [5, 5.41) is 2.80. The van der Waals surface area contributed by atoms with E-state index in [0.29, 0.717) is 12.1 Å². The van der Waals surface area contributed by atoms with Crippen LogP contribution >= 0.6 is 0 Å². The zero-order chi connectivity index (χ0) is 12.0. The number of nitrogen functional groups attached to an aromatic ring is 1. The highest BCUT2D eigenvalue weighted by atomic mass is 16.5. The Hall–Kier alpha value is -1.55. The van der Waals surface area contributed by atoms with E-state index in [1.807, 2.05) is 6.92 Å². The Balaban J connectivity index is 2.37. The summed E-state index contributed by atoms with van der Waals surface area (Å²) < 4.78 is 5.07. The molecule has 3 N–H and O–H groups in total. The maximum atomic E-state index is 11.5. The highest BCUT2D eigenvalue weighted by Gasteiger charge is 2.05. The van der Waals surface area contributed by atoms with Crippen molar-refractivity contribution in [1.29, 1.82) is 0 Å². The molecule has 0 aliphatic heterocycles. The van der Waals surface area contributed by atoms with Crippen LogP contribution < -0.4 is 11.1 Å². The number of methoxy groups -OCH3 is 1. The molecule has 1 aromatic carbocycles. The van der Waals surface area contributed by atoms with Crippen LogP contribution in [0.2, 0.25) is 0 Å². The first-order valence-electron chi connectivity index (χ1n) is 5.30. The molecule has 4 heteroatoms. The first-order valence-corrected chi connectivity index (χ1v) is 5.30. The molecule has 0 saturated carbocycles. The van der Waals surface area contributed by atoms with Gasteiger partial charge in [0.05, 0.1) is 6.10 Å². The lowest BCUT2D eigenvalue weighted by atomic mass is 10.2. The second-order valence-corrected chi connectivity index (χ2v) is 3.76. The first kappa shape index (κ1) is 12.5. The van der Waals surface area contributed by atoms with Crippen LogP contribution in [0.4, 0.5) is 11.4 Å². The standard InChI is InChI=1S/C12H18N2O2/c1-9(16-2)3-8-12(15)14-11-6-4-10(13)5-7-11/h4-7,9H,3,8,13H2,1-2H3,(H,14,15). The average Bonchev–Trinajstić information content (AvgIpc) is 2.29. The van der Waals surface area contributed by atoms with E-state index in [1.54, 1.807) is 31.4 Å². The summed E-state index contributed by atoms with van der Waals surface area (Å²) in [7, 11) is 1.64. The molecule has 0 fully saturated rings. The molecule has 1 rings (SSSR count). The van der Waals surface area contributed by atoms with Gasteiger partial charge in [0.2, 0.25) is 5.91 Å². The van der Waals surface area contributed by atoms with E-state index < -0.39 is 0 Å². The van der Waals surface area contributed by atoms with Crippen molar-refractivity contribution in [2.75, 3.05) is 18.2 Å². The highest BCUT2D eigenvalue weighted by Crippen LogP contribution is 2.11. The number of carbonyl (C=O) groups is 1. The van der Waals surface area contributed by atoms with E-state index in [2.05, 4.69) is 5.32 Å². The number of carbonyl (C=O) groups excluding carboxylic acids is 1. The van der Waals surface area contributed by atoms with E-state index in [4.69, 9.17) is 10.5 Å². The minimum absolute atomic E-state index is 0.00586. The van der Waals surface area contributed by atoms with E-state index >= 15 is 0 Å². The molecule has 1 atom stereocenters. The Morgan fingerprint density at radius 3 is 2.62 bits per heavy atom. The molecule has 0 spiro atoms. The van der Waals surface area contributed by atoms with Gasteiger partial charge in [0.25, 0.3) is 0 Å². The molecule has 0 radical (unpaired) electrons. The number of nitrogens with one attached hydrogen (secondary N) is 1. The van der Waals surface area contributed by atoms with Gasteiger partial charge >= 0.3 is 0 Å². The van der Waals surface area contributed by atoms with Crippen molar-refractivity contribution in [1.82, 2.24) is 0 Å². The molecule has 1 unspecified atom stereocenters. The zero-order valence-corrected chi connectivity index (χ0v) is 9.69. The van der Waals surface area contributed by atoms with Crippen molar-refractivity contribution in [2.45, 2.75) is 25.9 Å². The lowest BCUT2D eigenvalue weighted by Crippen LogP contribution is -2.15. The number of nitrogens with two attached hydrogens (primary N) is 1. The lowest BCUT2D eigenvalue weighted by molar-refractivity contribution is -0.116. The first-order chi connectivity index (χ1) is 7.61. The monoisotopic (exact) mass is 222 g/mol. The van der Waals surface area contributed by atoms with Crippen LogP contribution in [0.15, 0.2) is 24.3 Å². The summed E-state index contributed by atoms with van der Waals surface area (Å²) in [5.41, 5.74) is 7.00. The van der Waals surface area contributed by atoms with Gasteiger partial charge in [-0.1, -0.05) is 0 Å². The highest BCUT2D eigenvalue weighted by molar-refractivity contribution is 5.90. The van der Waals surface area contributed by atoms with Gasteiger partial charge in [-0.25, -0.2) is 0 Å². The van der Waals surface area contributed by atoms with Crippen LogP contribution in [-0.2, 0) is 9.53 Å². The lowest BCUT2D eigenvalue weighted by Gasteiger charge is -2.09. The largest absolute Gasteiger partial charge is 0.399 e. The molecule has 0 heterocycles.